The molecule has 3 nitrogen and oxygen atoms in total. The Morgan fingerprint density at radius 1 is 1.22 bits per heavy atom. The third-order valence-electron chi connectivity index (χ3n) is 4.37. The molecule has 0 radical (unpaired) electrons. The van der Waals surface area contributed by atoms with Crippen molar-refractivity contribution in [1.82, 2.24) is 9.80 Å². The zero-order valence-electron chi connectivity index (χ0n) is 12.9. The minimum Gasteiger partial charge on any atom is -0.330 e. The predicted octanol–water partition coefficient (Wildman–Crippen LogP) is 2.03. The van der Waals surface area contributed by atoms with Crippen LogP contribution in [0.15, 0.2) is 0 Å². The molecule has 108 valence electrons. The lowest BCUT2D eigenvalue weighted by molar-refractivity contribution is 0.0996. The second-order valence-electron chi connectivity index (χ2n) is 6.80. The van der Waals surface area contributed by atoms with Gasteiger partial charge in [0.05, 0.1) is 0 Å². The fraction of sp³-hybridized carbons (Fsp3) is 1.00. The molecule has 0 aromatic rings. The third kappa shape index (κ3) is 5.25. The molecule has 1 aliphatic rings. The van der Waals surface area contributed by atoms with E-state index < -0.39 is 0 Å². The summed E-state index contributed by atoms with van der Waals surface area (Å²) < 4.78 is 0. The van der Waals surface area contributed by atoms with Crippen molar-refractivity contribution >= 4 is 0 Å². The van der Waals surface area contributed by atoms with Gasteiger partial charge in [0, 0.05) is 6.54 Å². The molecule has 0 saturated heterocycles. The smallest absolute Gasteiger partial charge is 0.00471 e. The number of rotatable bonds is 7. The number of hydrogen-bond acceptors (Lipinski definition) is 3. The van der Waals surface area contributed by atoms with Gasteiger partial charge in [-0.05, 0) is 71.4 Å². The van der Waals surface area contributed by atoms with Crippen molar-refractivity contribution in [3.05, 3.63) is 0 Å². The molecule has 2 unspecified atom stereocenters. The van der Waals surface area contributed by atoms with Crippen LogP contribution in [-0.2, 0) is 0 Å². The molecule has 0 aromatic heterocycles. The molecule has 0 heterocycles. The Hall–Kier alpha value is -0.120. The van der Waals surface area contributed by atoms with Gasteiger partial charge in [-0.25, -0.2) is 0 Å². The lowest BCUT2D eigenvalue weighted by atomic mass is 9.70. The Kier molecular flexibility index (Phi) is 6.61. The van der Waals surface area contributed by atoms with Gasteiger partial charge >= 0.3 is 0 Å². The Morgan fingerprint density at radius 2 is 1.94 bits per heavy atom. The molecule has 2 atom stereocenters. The molecule has 1 fully saturated rings. The van der Waals surface area contributed by atoms with Gasteiger partial charge in [0.25, 0.3) is 0 Å². The number of nitrogens with zero attached hydrogens (tertiary/aromatic N) is 2. The fourth-order valence-corrected chi connectivity index (χ4v) is 3.47. The van der Waals surface area contributed by atoms with Gasteiger partial charge in [-0.1, -0.05) is 19.8 Å². The van der Waals surface area contributed by atoms with E-state index in [1.165, 1.54) is 51.7 Å². The zero-order chi connectivity index (χ0) is 13.6. The molecular weight excluding hydrogens is 222 g/mol. The Bertz CT molecular complexity index is 230. The second-order valence-corrected chi connectivity index (χ2v) is 6.80. The second kappa shape index (κ2) is 7.46. The topological polar surface area (TPSA) is 32.5 Å². The average molecular weight is 255 g/mol. The highest BCUT2D eigenvalue weighted by Gasteiger charge is 2.34. The van der Waals surface area contributed by atoms with Gasteiger partial charge in [0.15, 0.2) is 0 Å². The van der Waals surface area contributed by atoms with E-state index in [2.05, 4.69) is 37.9 Å². The highest BCUT2D eigenvalue weighted by Crippen LogP contribution is 2.39. The van der Waals surface area contributed by atoms with E-state index >= 15 is 0 Å². The monoisotopic (exact) mass is 255 g/mol. The molecule has 0 amide bonds. The number of nitrogens with two attached hydrogens (primary N) is 1. The van der Waals surface area contributed by atoms with Crippen molar-refractivity contribution in [1.29, 1.82) is 0 Å². The van der Waals surface area contributed by atoms with Crippen molar-refractivity contribution in [3.63, 3.8) is 0 Å². The third-order valence-corrected chi connectivity index (χ3v) is 4.37. The van der Waals surface area contributed by atoms with Crippen molar-refractivity contribution in [2.24, 2.45) is 17.1 Å². The summed E-state index contributed by atoms with van der Waals surface area (Å²) in [6, 6.07) is 0. The maximum absolute atomic E-state index is 6.09. The molecule has 3 heteroatoms. The van der Waals surface area contributed by atoms with Crippen LogP contribution >= 0.6 is 0 Å². The molecule has 0 aromatic carbocycles. The van der Waals surface area contributed by atoms with E-state index in [4.69, 9.17) is 5.73 Å². The summed E-state index contributed by atoms with van der Waals surface area (Å²) in [6.07, 6.45) is 6.66. The summed E-state index contributed by atoms with van der Waals surface area (Å²) in [5, 5.41) is 0. The first-order chi connectivity index (χ1) is 8.47. The fourth-order valence-electron chi connectivity index (χ4n) is 3.47. The van der Waals surface area contributed by atoms with Crippen LogP contribution in [0.5, 0.6) is 0 Å². The van der Waals surface area contributed by atoms with Crippen LogP contribution in [0.1, 0.15) is 39.0 Å². The van der Waals surface area contributed by atoms with Crippen LogP contribution in [0.2, 0.25) is 0 Å². The van der Waals surface area contributed by atoms with Gasteiger partial charge in [-0.15, -0.1) is 0 Å². The van der Waals surface area contributed by atoms with Crippen LogP contribution in [0.4, 0.5) is 0 Å². The number of hydrogen-bond donors (Lipinski definition) is 1. The van der Waals surface area contributed by atoms with Crippen molar-refractivity contribution in [3.8, 4) is 0 Å². The Balaban J connectivity index is 2.37. The van der Waals surface area contributed by atoms with Crippen LogP contribution in [0.3, 0.4) is 0 Å². The molecule has 0 spiro atoms. The molecule has 0 bridgehead atoms. The van der Waals surface area contributed by atoms with E-state index in [-0.39, 0.29) is 0 Å². The summed E-state index contributed by atoms with van der Waals surface area (Å²) >= 11 is 0. The van der Waals surface area contributed by atoms with E-state index in [1.54, 1.807) is 0 Å². The SMILES string of the molecule is CC1CCCC(CN)(CN(C)CCCN(C)C)C1. The lowest BCUT2D eigenvalue weighted by Gasteiger charge is -2.42. The first-order valence-electron chi connectivity index (χ1n) is 7.51. The zero-order valence-corrected chi connectivity index (χ0v) is 12.9. The maximum Gasteiger partial charge on any atom is 0.00471 e. The molecule has 18 heavy (non-hydrogen) atoms. The quantitative estimate of drug-likeness (QED) is 0.755. The van der Waals surface area contributed by atoms with Crippen LogP contribution in [0, 0.1) is 11.3 Å². The lowest BCUT2D eigenvalue weighted by Crippen LogP contribution is -2.44. The van der Waals surface area contributed by atoms with Crippen LogP contribution in [-0.4, -0.2) is 57.1 Å². The van der Waals surface area contributed by atoms with E-state index in [0.717, 1.165) is 12.5 Å². The molecule has 2 N–H and O–H groups in total. The largest absolute Gasteiger partial charge is 0.330 e. The van der Waals surface area contributed by atoms with Gasteiger partial charge in [-0.3, -0.25) is 0 Å². The maximum atomic E-state index is 6.09. The predicted molar refractivity (Wildman–Crippen MR) is 79.8 cm³/mol. The van der Waals surface area contributed by atoms with Gasteiger partial charge < -0.3 is 15.5 Å². The van der Waals surface area contributed by atoms with Gasteiger partial charge in [-0.2, -0.15) is 0 Å². The van der Waals surface area contributed by atoms with Crippen molar-refractivity contribution in [2.45, 2.75) is 39.0 Å². The Labute approximate surface area is 114 Å². The van der Waals surface area contributed by atoms with Crippen molar-refractivity contribution < 1.29 is 0 Å². The van der Waals surface area contributed by atoms with Crippen LogP contribution in [0.25, 0.3) is 0 Å². The highest BCUT2D eigenvalue weighted by molar-refractivity contribution is 4.88. The standard InChI is InChI=1S/C15H33N3/c1-14-7-5-8-15(11-14,12-16)13-18(4)10-6-9-17(2)3/h14H,5-13,16H2,1-4H3. The van der Waals surface area contributed by atoms with Gasteiger partial charge in [0.1, 0.15) is 0 Å². The summed E-state index contributed by atoms with van der Waals surface area (Å²) in [7, 11) is 6.54. The van der Waals surface area contributed by atoms with Crippen LogP contribution < -0.4 is 5.73 Å². The van der Waals surface area contributed by atoms with E-state index in [9.17, 15) is 0 Å². The average Bonchev–Trinajstić information content (AvgIpc) is 2.28. The summed E-state index contributed by atoms with van der Waals surface area (Å²) in [4.78, 5) is 4.75. The minimum atomic E-state index is 0.393. The first kappa shape index (κ1) is 15.9. The molecule has 0 aliphatic heterocycles. The summed E-state index contributed by atoms with van der Waals surface area (Å²) in [6.45, 7) is 6.79. The van der Waals surface area contributed by atoms with E-state index in [1.807, 2.05) is 0 Å². The van der Waals surface area contributed by atoms with Gasteiger partial charge in [0.2, 0.25) is 0 Å². The molecule has 1 rings (SSSR count). The molecule has 1 aliphatic carbocycles. The molecule has 1 saturated carbocycles. The highest BCUT2D eigenvalue weighted by atomic mass is 15.1. The summed E-state index contributed by atoms with van der Waals surface area (Å²) in [5.74, 6) is 0.859. The van der Waals surface area contributed by atoms with E-state index in [0.29, 0.717) is 5.41 Å². The molecular formula is C15H33N3. The normalized spacial score (nSPS) is 29.2. The first-order valence-corrected chi connectivity index (χ1v) is 7.51. The Morgan fingerprint density at radius 3 is 2.50 bits per heavy atom. The summed E-state index contributed by atoms with van der Waals surface area (Å²) in [5.41, 5.74) is 6.48. The van der Waals surface area contributed by atoms with Crippen molar-refractivity contribution in [2.75, 3.05) is 47.3 Å². The minimum absolute atomic E-state index is 0.393.